The van der Waals surface area contributed by atoms with Gasteiger partial charge in [0, 0.05) is 24.2 Å². The third-order valence-electron chi connectivity index (χ3n) is 4.64. The average Bonchev–Trinajstić information content (AvgIpc) is 2.82. The SMILES string of the molecule is COC(=O)C(Cc1cccc(-c2ccc(OC)nc2)c1)NC(=O)OCc1ccccc1. The molecule has 7 heteroatoms. The van der Waals surface area contributed by atoms with Crippen LogP contribution in [0.3, 0.4) is 0 Å². The molecule has 1 aromatic heterocycles. The Labute approximate surface area is 181 Å². The predicted molar refractivity (Wildman–Crippen MR) is 115 cm³/mol. The summed E-state index contributed by atoms with van der Waals surface area (Å²) in [6, 6.07) is 19.8. The van der Waals surface area contributed by atoms with Gasteiger partial charge in [-0.25, -0.2) is 14.6 Å². The van der Waals surface area contributed by atoms with E-state index in [2.05, 4.69) is 10.3 Å². The van der Waals surface area contributed by atoms with Crippen LogP contribution < -0.4 is 10.1 Å². The quantitative estimate of drug-likeness (QED) is 0.559. The number of benzene rings is 2. The van der Waals surface area contributed by atoms with E-state index in [9.17, 15) is 9.59 Å². The molecule has 0 aliphatic carbocycles. The Morgan fingerprint density at radius 3 is 2.39 bits per heavy atom. The van der Waals surface area contributed by atoms with Crippen LogP contribution >= 0.6 is 0 Å². The Morgan fingerprint density at radius 2 is 1.71 bits per heavy atom. The Bertz CT molecular complexity index is 1010. The van der Waals surface area contributed by atoms with Crippen molar-refractivity contribution in [3.63, 3.8) is 0 Å². The van der Waals surface area contributed by atoms with Gasteiger partial charge in [0.1, 0.15) is 12.6 Å². The molecule has 1 N–H and O–H groups in total. The van der Waals surface area contributed by atoms with Gasteiger partial charge in [-0.05, 0) is 22.8 Å². The number of hydrogen-bond donors (Lipinski definition) is 1. The number of methoxy groups -OCH3 is 2. The topological polar surface area (TPSA) is 86.8 Å². The highest BCUT2D eigenvalue weighted by Gasteiger charge is 2.23. The molecule has 3 aromatic rings. The number of aromatic nitrogens is 1. The van der Waals surface area contributed by atoms with Gasteiger partial charge in [-0.3, -0.25) is 0 Å². The predicted octanol–water partition coefficient (Wildman–Crippen LogP) is 3.77. The van der Waals surface area contributed by atoms with E-state index in [0.29, 0.717) is 5.88 Å². The molecule has 160 valence electrons. The van der Waals surface area contributed by atoms with E-state index in [0.717, 1.165) is 22.3 Å². The van der Waals surface area contributed by atoms with E-state index >= 15 is 0 Å². The van der Waals surface area contributed by atoms with Crippen molar-refractivity contribution in [1.82, 2.24) is 10.3 Å². The molecule has 0 saturated heterocycles. The largest absolute Gasteiger partial charge is 0.481 e. The van der Waals surface area contributed by atoms with Crippen LogP contribution in [0.15, 0.2) is 72.9 Å². The van der Waals surface area contributed by atoms with E-state index in [1.807, 2.05) is 60.7 Å². The number of alkyl carbamates (subject to hydrolysis) is 1. The standard InChI is InChI=1S/C24H24N2O5/c1-29-22-12-11-20(15-25-22)19-10-6-9-18(13-19)14-21(23(27)30-2)26-24(28)31-16-17-7-4-3-5-8-17/h3-13,15,21H,14,16H2,1-2H3,(H,26,28). The van der Waals surface area contributed by atoms with Crippen LogP contribution in [-0.4, -0.2) is 37.3 Å². The van der Waals surface area contributed by atoms with E-state index < -0.39 is 18.1 Å². The van der Waals surface area contributed by atoms with Gasteiger partial charge in [0.2, 0.25) is 5.88 Å². The number of hydrogen-bond acceptors (Lipinski definition) is 6. The van der Waals surface area contributed by atoms with Crippen molar-refractivity contribution >= 4 is 12.1 Å². The summed E-state index contributed by atoms with van der Waals surface area (Å²) in [6.07, 6.45) is 1.29. The maximum absolute atomic E-state index is 12.2. The number of pyridine rings is 1. The average molecular weight is 420 g/mol. The number of carbonyl (C=O) groups is 2. The summed E-state index contributed by atoms with van der Waals surface area (Å²) >= 11 is 0. The van der Waals surface area contributed by atoms with Gasteiger partial charge in [0.05, 0.1) is 14.2 Å². The zero-order valence-corrected chi connectivity index (χ0v) is 17.4. The molecule has 0 bridgehead atoms. The smallest absolute Gasteiger partial charge is 0.408 e. The van der Waals surface area contributed by atoms with Gasteiger partial charge in [-0.2, -0.15) is 0 Å². The van der Waals surface area contributed by atoms with Crippen molar-refractivity contribution in [2.75, 3.05) is 14.2 Å². The van der Waals surface area contributed by atoms with Crippen LogP contribution in [0.1, 0.15) is 11.1 Å². The number of nitrogens with one attached hydrogen (secondary N) is 1. The van der Waals surface area contributed by atoms with Crippen molar-refractivity contribution in [1.29, 1.82) is 0 Å². The lowest BCUT2D eigenvalue weighted by molar-refractivity contribution is -0.143. The summed E-state index contributed by atoms with van der Waals surface area (Å²) in [5.41, 5.74) is 3.55. The number of ether oxygens (including phenoxy) is 3. The van der Waals surface area contributed by atoms with E-state index in [4.69, 9.17) is 14.2 Å². The lowest BCUT2D eigenvalue weighted by atomic mass is 10.0. The van der Waals surface area contributed by atoms with Crippen LogP contribution in [0.2, 0.25) is 0 Å². The molecule has 0 radical (unpaired) electrons. The minimum Gasteiger partial charge on any atom is -0.481 e. The molecule has 2 aromatic carbocycles. The van der Waals surface area contributed by atoms with E-state index in [-0.39, 0.29) is 13.0 Å². The normalized spacial score (nSPS) is 11.3. The van der Waals surface area contributed by atoms with E-state index in [1.54, 1.807) is 19.4 Å². The fourth-order valence-corrected chi connectivity index (χ4v) is 3.03. The third kappa shape index (κ3) is 6.30. The first-order chi connectivity index (χ1) is 15.1. The number of esters is 1. The second-order valence-electron chi connectivity index (χ2n) is 6.78. The summed E-state index contributed by atoms with van der Waals surface area (Å²) in [6.45, 7) is 0.112. The monoisotopic (exact) mass is 420 g/mol. The summed E-state index contributed by atoms with van der Waals surface area (Å²) < 4.78 is 15.2. The van der Waals surface area contributed by atoms with Crippen LogP contribution in [0.25, 0.3) is 11.1 Å². The van der Waals surface area contributed by atoms with Gasteiger partial charge < -0.3 is 19.5 Å². The van der Waals surface area contributed by atoms with Gasteiger partial charge >= 0.3 is 12.1 Å². The zero-order chi connectivity index (χ0) is 22.1. The number of amides is 1. The molecule has 1 heterocycles. The second kappa shape index (κ2) is 10.8. The summed E-state index contributed by atoms with van der Waals surface area (Å²) in [4.78, 5) is 28.7. The van der Waals surface area contributed by atoms with Crippen molar-refractivity contribution in [3.8, 4) is 17.0 Å². The summed E-state index contributed by atoms with van der Waals surface area (Å²) in [5.74, 6) is -0.0166. The Hall–Kier alpha value is -3.87. The summed E-state index contributed by atoms with van der Waals surface area (Å²) in [7, 11) is 2.85. The minimum absolute atomic E-state index is 0.112. The highest BCUT2D eigenvalue weighted by atomic mass is 16.6. The fourth-order valence-electron chi connectivity index (χ4n) is 3.03. The van der Waals surface area contributed by atoms with Crippen molar-refractivity contribution in [3.05, 3.63) is 84.1 Å². The van der Waals surface area contributed by atoms with Crippen LogP contribution in [-0.2, 0) is 27.3 Å². The maximum atomic E-state index is 12.2. The molecular formula is C24H24N2O5. The molecule has 3 rings (SSSR count). The molecular weight excluding hydrogens is 396 g/mol. The molecule has 0 spiro atoms. The molecule has 0 aliphatic rings. The number of rotatable bonds is 8. The number of nitrogens with zero attached hydrogens (tertiary/aromatic N) is 1. The lowest BCUT2D eigenvalue weighted by Gasteiger charge is -2.17. The van der Waals surface area contributed by atoms with Crippen LogP contribution in [0.5, 0.6) is 5.88 Å². The molecule has 0 fully saturated rings. The third-order valence-corrected chi connectivity index (χ3v) is 4.64. The highest BCUT2D eigenvalue weighted by molar-refractivity contribution is 5.81. The first-order valence-corrected chi connectivity index (χ1v) is 9.73. The van der Waals surface area contributed by atoms with Gasteiger partial charge in [-0.1, -0.05) is 54.6 Å². The highest BCUT2D eigenvalue weighted by Crippen LogP contribution is 2.22. The lowest BCUT2D eigenvalue weighted by Crippen LogP contribution is -2.43. The second-order valence-corrected chi connectivity index (χ2v) is 6.78. The first kappa shape index (κ1) is 21.8. The van der Waals surface area contributed by atoms with Gasteiger partial charge in [-0.15, -0.1) is 0 Å². The molecule has 0 aliphatic heterocycles. The molecule has 1 atom stereocenters. The zero-order valence-electron chi connectivity index (χ0n) is 17.4. The molecule has 31 heavy (non-hydrogen) atoms. The van der Waals surface area contributed by atoms with Crippen LogP contribution in [0.4, 0.5) is 4.79 Å². The van der Waals surface area contributed by atoms with Crippen molar-refractivity contribution in [2.45, 2.75) is 19.1 Å². The first-order valence-electron chi connectivity index (χ1n) is 9.73. The number of carbonyl (C=O) groups excluding carboxylic acids is 2. The Balaban J connectivity index is 1.67. The Morgan fingerprint density at radius 1 is 0.935 bits per heavy atom. The Kier molecular flexibility index (Phi) is 7.59. The molecule has 1 unspecified atom stereocenters. The van der Waals surface area contributed by atoms with Crippen molar-refractivity contribution in [2.24, 2.45) is 0 Å². The molecule has 1 amide bonds. The molecule has 7 nitrogen and oxygen atoms in total. The molecule has 0 saturated carbocycles. The summed E-state index contributed by atoms with van der Waals surface area (Å²) in [5, 5.41) is 2.60. The van der Waals surface area contributed by atoms with Gasteiger partial charge in [0.25, 0.3) is 0 Å². The van der Waals surface area contributed by atoms with Crippen LogP contribution in [0, 0.1) is 0 Å². The van der Waals surface area contributed by atoms with E-state index in [1.165, 1.54) is 7.11 Å². The fraction of sp³-hybridized carbons (Fsp3) is 0.208. The maximum Gasteiger partial charge on any atom is 0.408 e. The minimum atomic E-state index is -0.877. The van der Waals surface area contributed by atoms with Crippen molar-refractivity contribution < 1.29 is 23.8 Å². The van der Waals surface area contributed by atoms with Gasteiger partial charge in [0.15, 0.2) is 0 Å².